The number of anilines is 1. The van der Waals surface area contributed by atoms with E-state index in [4.69, 9.17) is 11.6 Å². The molecule has 0 atom stereocenters. The topological polar surface area (TPSA) is 55.3 Å². The predicted molar refractivity (Wildman–Crippen MR) is 69.0 cm³/mol. The van der Waals surface area contributed by atoms with E-state index < -0.39 is 5.97 Å². The molecule has 98 valence electrons. The third-order valence-corrected chi connectivity index (χ3v) is 3.28. The Hall–Kier alpha value is -1.36. The highest BCUT2D eigenvalue weighted by molar-refractivity contribution is 6.17. The molecule has 0 aliphatic carbocycles. The number of carbonyl (C=O) groups excluding carboxylic acids is 1. The minimum atomic E-state index is -0.448. The molecule has 0 radical (unpaired) electrons. The summed E-state index contributed by atoms with van der Waals surface area (Å²) in [5.41, 5.74) is 0.868. The summed E-state index contributed by atoms with van der Waals surface area (Å²) in [6.45, 7) is 1.92. The zero-order valence-electron chi connectivity index (χ0n) is 10.4. The molecule has 1 fully saturated rings. The lowest BCUT2D eigenvalue weighted by molar-refractivity contribution is 0.0598. The average molecular weight is 270 g/mol. The van der Waals surface area contributed by atoms with Crippen LogP contribution in [-0.2, 0) is 10.6 Å². The van der Waals surface area contributed by atoms with Gasteiger partial charge in [-0.2, -0.15) is 0 Å². The van der Waals surface area contributed by atoms with Crippen molar-refractivity contribution in [2.75, 3.05) is 25.1 Å². The molecule has 1 aromatic heterocycles. The van der Waals surface area contributed by atoms with E-state index in [2.05, 4.69) is 19.6 Å². The van der Waals surface area contributed by atoms with Crippen LogP contribution in [0.25, 0.3) is 0 Å². The Morgan fingerprint density at radius 2 is 2.17 bits per heavy atom. The molecule has 5 nitrogen and oxygen atoms in total. The van der Waals surface area contributed by atoms with Crippen LogP contribution in [0.3, 0.4) is 0 Å². The van der Waals surface area contributed by atoms with Crippen molar-refractivity contribution in [1.82, 2.24) is 9.97 Å². The van der Waals surface area contributed by atoms with Crippen LogP contribution in [0.1, 0.15) is 35.3 Å². The van der Waals surface area contributed by atoms with Crippen molar-refractivity contribution in [3.05, 3.63) is 17.5 Å². The van der Waals surface area contributed by atoms with Gasteiger partial charge in [0.15, 0.2) is 0 Å². The quantitative estimate of drug-likeness (QED) is 0.620. The Bertz CT molecular complexity index is 433. The van der Waals surface area contributed by atoms with Crippen molar-refractivity contribution < 1.29 is 9.53 Å². The van der Waals surface area contributed by atoms with Crippen LogP contribution in [-0.4, -0.2) is 36.1 Å². The van der Waals surface area contributed by atoms with Gasteiger partial charge in [0.1, 0.15) is 5.56 Å². The molecule has 1 aromatic rings. The van der Waals surface area contributed by atoms with Gasteiger partial charge >= 0.3 is 5.97 Å². The van der Waals surface area contributed by atoms with Gasteiger partial charge in [-0.1, -0.05) is 0 Å². The summed E-state index contributed by atoms with van der Waals surface area (Å²) in [7, 11) is 1.33. The number of ether oxygens (including phenoxy) is 1. The molecular formula is C12H16ClN3O2. The first-order valence-corrected chi connectivity index (χ1v) is 6.55. The minimum absolute atomic E-state index is 0.174. The van der Waals surface area contributed by atoms with Crippen molar-refractivity contribution in [2.45, 2.75) is 25.1 Å². The molecule has 1 saturated heterocycles. The summed E-state index contributed by atoms with van der Waals surface area (Å²) < 4.78 is 4.67. The number of nitrogens with zero attached hydrogens (tertiary/aromatic N) is 3. The van der Waals surface area contributed by atoms with Crippen LogP contribution < -0.4 is 4.90 Å². The monoisotopic (exact) mass is 269 g/mol. The summed E-state index contributed by atoms with van der Waals surface area (Å²) in [5.74, 6) is 0.377. The van der Waals surface area contributed by atoms with Gasteiger partial charge in [-0.15, -0.1) is 11.6 Å². The van der Waals surface area contributed by atoms with Crippen molar-refractivity contribution in [3.8, 4) is 0 Å². The third kappa shape index (κ3) is 2.72. The Kier molecular flexibility index (Phi) is 4.36. The highest BCUT2D eigenvalue weighted by Crippen LogP contribution is 2.18. The maximum Gasteiger partial charge on any atom is 0.341 e. The van der Waals surface area contributed by atoms with Crippen LogP contribution in [0.2, 0.25) is 0 Å². The summed E-state index contributed by atoms with van der Waals surface area (Å²) >= 11 is 5.83. The van der Waals surface area contributed by atoms with Gasteiger partial charge in [-0.25, -0.2) is 14.8 Å². The smallest absolute Gasteiger partial charge is 0.341 e. The molecule has 1 aliphatic heterocycles. The van der Waals surface area contributed by atoms with E-state index >= 15 is 0 Å². The van der Waals surface area contributed by atoms with Crippen molar-refractivity contribution in [3.63, 3.8) is 0 Å². The lowest BCUT2D eigenvalue weighted by atomic mass is 10.1. The van der Waals surface area contributed by atoms with E-state index in [0.29, 0.717) is 17.2 Å². The Balaban J connectivity index is 2.26. The molecule has 2 heterocycles. The normalized spacial score (nSPS) is 15.6. The van der Waals surface area contributed by atoms with E-state index in [0.717, 1.165) is 25.9 Å². The summed E-state index contributed by atoms with van der Waals surface area (Å²) in [4.78, 5) is 22.2. The number of methoxy groups -OCH3 is 1. The summed E-state index contributed by atoms with van der Waals surface area (Å²) in [6, 6.07) is 0. The number of esters is 1. The van der Waals surface area contributed by atoms with Gasteiger partial charge in [0.05, 0.1) is 18.7 Å². The second-order valence-electron chi connectivity index (χ2n) is 4.20. The minimum Gasteiger partial charge on any atom is -0.465 e. The molecule has 0 aromatic carbocycles. The van der Waals surface area contributed by atoms with Crippen LogP contribution in [0.4, 0.5) is 5.95 Å². The van der Waals surface area contributed by atoms with Gasteiger partial charge in [0, 0.05) is 19.3 Å². The first kappa shape index (κ1) is 13.1. The Morgan fingerprint density at radius 3 is 2.78 bits per heavy atom. The van der Waals surface area contributed by atoms with Crippen LogP contribution in [0.5, 0.6) is 0 Å². The van der Waals surface area contributed by atoms with E-state index in [1.54, 1.807) is 0 Å². The first-order chi connectivity index (χ1) is 8.76. The van der Waals surface area contributed by atoms with Crippen LogP contribution in [0.15, 0.2) is 6.20 Å². The second kappa shape index (κ2) is 6.00. The Labute approximate surface area is 111 Å². The predicted octanol–water partition coefficient (Wildman–Crippen LogP) is 1.99. The number of hydrogen-bond acceptors (Lipinski definition) is 5. The van der Waals surface area contributed by atoms with Gasteiger partial charge in [-0.3, -0.25) is 0 Å². The second-order valence-corrected chi connectivity index (χ2v) is 4.47. The summed E-state index contributed by atoms with van der Waals surface area (Å²) in [6.07, 6.45) is 5.05. The van der Waals surface area contributed by atoms with Gasteiger partial charge < -0.3 is 9.64 Å². The van der Waals surface area contributed by atoms with E-state index in [-0.39, 0.29) is 5.88 Å². The third-order valence-electron chi connectivity index (χ3n) is 3.03. The molecule has 2 rings (SSSR count). The number of carbonyl (C=O) groups is 1. The fourth-order valence-electron chi connectivity index (χ4n) is 2.04. The van der Waals surface area contributed by atoms with Crippen LogP contribution in [0, 0.1) is 0 Å². The van der Waals surface area contributed by atoms with E-state index in [1.165, 1.54) is 19.7 Å². The Morgan fingerprint density at radius 1 is 1.44 bits per heavy atom. The molecule has 18 heavy (non-hydrogen) atoms. The van der Waals surface area contributed by atoms with E-state index in [9.17, 15) is 4.79 Å². The molecule has 0 spiro atoms. The number of aromatic nitrogens is 2. The number of rotatable bonds is 3. The largest absolute Gasteiger partial charge is 0.465 e. The molecule has 6 heteroatoms. The number of hydrogen-bond donors (Lipinski definition) is 0. The van der Waals surface area contributed by atoms with Crippen molar-refractivity contribution in [1.29, 1.82) is 0 Å². The molecule has 0 unspecified atom stereocenters. The molecule has 0 amide bonds. The standard InChI is InChI=1S/C12H16ClN3O2/c1-18-11(17)9-8-14-12(15-10(9)7-13)16-5-3-2-4-6-16/h8H,2-7H2,1H3. The molecule has 1 aliphatic rings. The van der Waals surface area contributed by atoms with Gasteiger partial charge in [-0.05, 0) is 19.3 Å². The highest BCUT2D eigenvalue weighted by atomic mass is 35.5. The SMILES string of the molecule is COC(=O)c1cnc(N2CCCCC2)nc1CCl. The number of piperidine rings is 1. The maximum atomic E-state index is 11.5. The van der Waals surface area contributed by atoms with Crippen LogP contribution >= 0.6 is 11.6 Å². The van der Waals surface area contributed by atoms with Gasteiger partial charge in [0.25, 0.3) is 0 Å². The average Bonchev–Trinajstić information content (AvgIpc) is 2.46. The van der Waals surface area contributed by atoms with Crippen molar-refractivity contribution in [2.24, 2.45) is 0 Å². The number of halogens is 1. The van der Waals surface area contributed by atoms with E-state index in [1.807, 2.05) is 0 Å². The summed E-state index contributed by atoms with van der Waals surface area (Å²) in [5, 5.41) is 0. The molecule has 0 N–H and O–H groups in total. The maximum absolute atomic E-state index is 11.5. The molecular weight excluding hydrogens is 254 g/mol. The lowest BCUT2D eigenvalue weighted by Gasteiger charge is -2.26. The number of alkyl halides is 1. The van der Waals surface area contributed by atoms with Gasteiger partial charge in [0.2, 0.25) is 5.95 Å². The molecule has 0 saturated carbocycles. The fourth-order valence-corrected chi connectivity index (χ4v) is 2.24. The highest BCUT2D eigenvalue weighted by Gasteiger charge is 2.18. The zero-order chi connectivity index (χ0) is 13.0. The van der Waals surface area contributed by atoms with Crippen molar-refractivity contribution >= 4 is 23.5 Å². The lowest BCUT2D eigenvalue weighted by Crippen LogP contribution is -2.31. The first-order valence-electron chi connectivity index (χ1n) is 6.01. The zero-order valence-corrected chi connectivity index (χ0v) is 11.1. The molecule has 0 bridgehead atoms. The fraction of sp³-hybridized carbons (Fsp3) is 0.583.